The average Bonchev–Trinajstić information content (AvgIpc) is 3.65. The van der Waals surface area contributed by atoms with Crippen LogP contribution in [0, 0.1) is 0 Å². The van der Waals surface area contributed by atoms with Gasteiger partial charge in [0.2, 0.25) is 5.91 Å². The molecule has 0 spiro atoms. The summed E-state index contributed by atoms with van der Waals surface area (Å²) in [5, 5.41) is 18.3. The van der Waals surface area contributed by atoms with Gasteiger partial charge in [-0.1, -0.05) is 5.16 Å². The van der Waals surface area contributed by atoms with Crippen LogP contribution in [0.4, 0.5) is 18.3 Å². The molecule has 0 bridgehead atoms. The maximum atomic E-state index is 13.2. The van der Waals surface area contributed by atoms with Crippen molar-refractivity contribution in [2.24, 2.45) is 5.16 Å². The van der Waals surface area contributed by atoms with Gasteiger partial charge in [-0.25, -0.2) is 9.78 Å². The van der Waals surface area contributed by atoms with Gasteiger partial charge < -0.3 is 25.9 Å². The summed E-state index contributed by atoms with van der Waals surface area (Å²) >= 11 is 1.10. The summed E-state index contributed by atoms with van der Waals surface area (Å²) in [4.78, 5) is 62.4. The third kappa shape index (κ3) is 5.92. The van der Waals surface area contributed by atoms with Crippen LogP contribution in [0.5, 0.6) is 0 Å². The Bertz CT molecular complexity index is 1370. The first-order chi connectivity index (χ1) is 19.4. The molecule has 4 heterocycles. The molecular weight excluding hydrogens is 569 g/mol. The van der Waals surface area contributed by atoms with Gasteiger partial charge in [-0.05, 0) is 56.6 Å². The molecule has 2 saturated heterocycles. The second kappa shape index (κ2) is 11.1. The minimum absolute atomic E-state index is 0.0214. The second-order valence-electron chi connectivity index (χ2n) is 10.2. The number of halogens is 3. The van der Waals surface area contributed by atoms with Gasteiger partial charge in [-0.3, -0.25) is 19.3 Å². The number of carboxylic acids is 1. The standard InChI is InChI=1S/C25H27F3N6O6S/c26-25(27,28)11-33-8-7-13(21(33)36)9-12-5-6-16-18(22(37)34(16)19(12)23(38)39)31-20(35)17(15-10-41-24(29)30-15)32-40-14-3-1-2-4-14/h9-10,14,16,18H,1-8,11H2,(H2,29,30)(H,31,35)(H,38,39)/b13-9+,32-17-/t16-,18+/m1/s1. The number of nitrogens with zero attached hydrogens (tertiary/aromatic N) is 4. The number of likely N-dealkylation sites (tertiary alicyclic amines) is 1. The van der Waals surface area contributed by atoms with Gasteiger partial charge in [0.25, 0.3) is 11.8 Å². The summed E-state index contributed by atoms with van der Waals surface area (Å²) in [6, 6.07) is -1.73. The third-order valence-corrected chi connectivity index (χ3v) is 8.14. The van der Waals surface area contributed by atoms with Crippen LogP contribution in [0.25, 0.3) is 0 Å². The van der Waals surface area contributed by atoms with Crippen LogP contribution in [0.1, 0.15) is 50.6 Å². The number of oxime groups is 1. The number of anilines is 1. The summed E-state index contributed by atoms with van der Waals surface area (Å²) in [5.74, 6) is -3.67. The van der Waals surface area contributed by atoms with Gasteiger partial charge in [0.15, 0.2) is 10.8 Å². The lowest BCUT2D eigenvalue weighted by molar-refractivity contribution is -0.156. The highest BCUT2D eigenvalue weighted by atomic mass is 32.1. The summed E-state index contributed by atoms with van der Waals surface area (Å²) in [6.07, 6.45) is 0.537. The Morgan fingerprint density at radius 3 is 2.61 bits per heavy atom. The number of alkyl halides is 3. The highest BCUT2D eigenvalue weighted by Gasteiger charge is 2.53. The van der Waals surface area contributed by atoms with E-state index >= 15 is 0 Å². The number of aliphatic carboxylic acids is 1. The number of nitrogens with two attached hydrogens (primary N) is 1. The minimum atomic E-state index is -4.56. The molecule has 16 heteroatoms. The van der Waals surface area contributed by atoms with Gasteiger partial charge in [0.1, 0.15) is 30.1 Å². The van der Waals surface area contributed by atoms with Crippen LogP contribution in [-0.4, -0.2) is 86.7 Å². The minimum Gasteiger partial charge on any atom is -0.477 e. The molecule has 1 aromatic heterocycles. The largest absolute Gasteiger partial charge is 0.477 e. The lowest BCUT2D eigenvalue weighted by atomic mass is 9.82. The molecule has 41 heavy (non-hydrogen) atoms. The van der Waals surface area contributed by atoms with E-state index in [2.05, 4.69) is 15.5 Å². The van der Waals surface area contributed by atoms with Crippen molar-refractivity contribution in [2.75, 3.05) is 18.8 Å². The number of allylic oxidation sites excluding steroid dienone is 2. The maximum Gasteiger partial charge on any atom is 0.406 e. The van der Waals surface area contributed by atoms with Crippen molar-refractivity contribution in [1.29, 1.82) is 0 Å². The van der Waals surface area contributed by atoms with E-state index in [9.17, 15) is 37.5 Å². The topological polar surface area (TPSA) is 168 Å². The predicted molar refractivity (Wildman–Crippen MR) is 138 cm³/mol. The van der Waals surface area contributed by atoms with Crippen LogP contribution in [-0.2, 0) is 24.0 Å². The molecule has 1 aliphatic carbocycles. The normalized spacial score (nSPS) is 24.7. The first-order valence-corrected chi connectivity index (χ1v) is 13.9. The van der Waals surface area contributed by atoms with Crippen molar-refractivity contribution in [3.8, 4) is 0 Å². The molecule has 4 aliphatic rings. The lowest BCUT2D eigenvalue weighted by Gasteiger charge is -2.50. The molecule has 0 radical (unpaired) electrons. The molecule has 1 aromatic rings. The fourth-order valence-corrected chi connectivity index (χ4v) is 6.09. The number of amides is 3. The number of nitrogen functional groups attached to an aromatic ring is 1. The molecule has 12 nitrogen and oxygen atoms in total. The zero-order chi connectivity index (χ0) is 29.5. The maximum absolute atomic E-state index is 13.2. The third-order valence-electron chi connectivity index (χ3n) is 7.47. The van der Waals surface area contributed by atoms with Crippen molar-refractivity contribution >= 4 is 45.9 Å². The van der Waals surface area contributed by atoms with Crippen LogP contribution in [0.15, 0.2) is 33.5 Å². The van der Waals surface area contributed by atoms with Crippen LogP contribution < -0.4 is 11.1 Å². The summed E-state index contributed by atoms with van der Waals surface area (Å²) in [5.41, 5.74) is 5.58. The van der Waals surface area contributed by atoms with Gasteiger partial charge in [0, 0.05) is 17.5 Å². The average molecular weight is 597 g/mol. The van der Waals surface area contributed by atoms with Crippen LogP contribution in [0.2, 0.25) is 0 Å². The van der Waals surface area contributed by atoms with E-state index in [0.29, 0.717) is 4.90 Å². The van der Waals surface area contributed by atoms with Crippen molar-refractivity contribution in [3.05, 3.63) is 34.0 Å². The Hall–Kier alpha value is -3.95. The molecular formula is C25H27F3N6O6S. The van der Waals surface area contributed by atoms with E-state index in [1.807, 2.05) is 0 Å². The van der Waals surface area contributed by atoms with E-state index in [-0.39, 0.29) is 65.3 Å². The Kier molecular flexibility index (Phi) is 7.76. The highest BCUT2D eigenvalue weighted by Crippen LogP contribution is 2.38. The number of hydrogen-bond acceptors (Lipinski definition) is 9. The molecule has 3 fully saturated rings. The summed E-state index contributed by atoms with van der Waals surface area (Å²) < 4.78 is 38.3. The Morgan fingerprint density at radius 1 is 1.24 bits per heavy atom. The molecule has 1 saturated carbocycles. The Balaban J connectivity index is 1.32. The number of aromatic nitrogens is 1. The van der Waals surface area contributed by atoms with Crippen molar-refractivity contribution in [3.63, 3.8) is 0 Å². The van der Waals surface area contributed by atoms with Crippen LogP contribution >= 0.6 is 11.3 Å². The Morgan fingerprint density at radius 2 is 1.98 bits per heavy atom. The monoisotopic (exact) mass is 596 g/mol. The van der Waals surface area contributed by atoms with Gasteiger partial charge in [0.05, 0.1) is 6.04 Å². The fourth-order valence-electron chi connectivity index (χ4n) is 5.54. The van der Waals surface area contributed by atoms with Gasteiger partial charge >= 0.3 is 12.1 Å². The Labute approximate surface area is 235 Å². The van der Waals surface area contributed by atoms with E-state index < -0.39 is 48.5 Å². The summed E-state index contributed by atoms with van der Waals surface area (Å²) in [6.45, 7) is -1.54. The van der Waals surface area contributed by atoms with E-state index in [0.717, 1.165) is 41.9 Å². The molecule has 220 valence electrons. The lowest BCUT2D eigenvalue weighted by Crippen LogP contribution is -2.72. The number of nitrogens with one attached hydrogen (secondary N) is 1. The zero-order valence-corrected chi connectivity index (χ0v) is 22.5. The second-order valence-corrected chi connectivity index (χ2v) is 11.1. The number of carboxylic acid groups (broad SMARTS) is 1. The number of carbonyl (C=O) groups excluding carboxylic acids is 3. The molecule has 3 amide bonds. The number of fused-ring (bicyclic) bond motifs is 1. The fraction of sp³-hybridized carbons (Fsp3) is 0.520. The first-order valence-electron chi connectivity index (χ1n) is 13.0. The van der Waals surface area contributed by atoms with E-state index in [1.165, 1.54) is 11.5 Å². The number of hydrogen-bond donors (Lipinski definition) is 3. The van der Waals surface area contributed by atoms with Crippen molar-refractivity contribution in [1.82, 2.24) is 20.1 Å². The SMILES string of the molecule is Nc1nc(/C(=N/OC2CCCC2)C(=O)N[C@@H]2C(=O)N3C(C(=O)O)=C(/C=C4\CCN(CC(F)(F)F)C4=O)CC[C@H]23)cs1. The van der Waals surface area contributed by atoms with Crippen LogP contribution in [0.3, 0.4) is 0 Å². The first kappa shape index (κ1) is 28.6. The molecule has 0 unspecified atom stereocenters. The number of carbonyl (C=O) groups is 4. The summed E-state index contributed by atoms with van der Waals surface area (Å²) in [7, 11) is 0. The van der Waals surface area contributed by atoms with Gasteiger partial charge in [-0.2, -0.15) is 13.2 Å². The number of thiazole rings is 1. The molecule has 3 aliphatic heterocycles. The highest BCUT2D eigenvalue weighted by molar-refractivity contribution is 7.13. The predicted octanol–water partition coefficient (Wildman–Crippen LogP) is 1.94. The molecule has 0 aromatic carbocycles. The smallest absolute Gasteiger partial charge is 0.406 e. The van der Waals surface area contributed by atoms with E-state index in [4.69, 9.17) is 10.6 Å². The van der Waals surface area contributed by atoms with Crippen molar-refractivity contribution in [2.45, 2.75) is 69.3 Å². The quantitative estimate of drug-likeness (QED) is 0.177. The van der Waals surface area contributed by atoms with Crippen molar-refractivity contribution < 1.29 is 42.3 Å². The molecule has 4 N–H and O–H groups in total. The number of rotatable bonds is 8. The zero-order valence-electron chi connectivity index (χ0n) is 21.6. The number of β-lactam (4-membered cyclic amide) rings is 1. The van der Waals surface area contributed by atoms with E-state index in [1.54, 1.807) is 0 Å². The van der Waals surface area contributed by atoms with Gasteiger partial charge in [-0.15, -0.1) is 11.3 Å². The molecule has 5 rings (SSSR count). The molecule has 2 atom stereocenters.